The lowest BCUT2D eigenvalue weighted by Crippen LogP contribution is -2.53. The van der Waals surface area contributed by atoms with Crippen molar-refractivity contribution in [2.75, 3.05) is 17.8 Å². The van der Waals surface area contributed by atoms with Crippen molar-refractivity contribution in [3.8, 4) is 0 Å². The molecule has 0 aromatic heterocycles. The van der Waals surface area contributed by atoms with Crippen molar-refractivity contribution in [3.05, 3.63) is 0 Å². The Hall–Kier alpha value is -0.270. The molecule has 19 heavy (non-hydrogen) atoms. The van der Waals surface area contributed by atoms with Crippen LogP contribution in [0.25, 0.3) is 0 Å². The maximum absolute atomic E-state index is 11.5. The SMILES string of the molecule is CC(C)NC1(C(=O)O)CCC(SCCS(C)(=O)=O)C1. The number of hydrogen-bond acceptors (Lipinski definition) is 5. The molecule has 7 heteroatoms. The molecule has 0 bridgehead atoms. The predicted molar refractivity (Wildman–Crippen MR) is 78.4 cm³/mol. The molecule has 2 N–H and O–H groups in total. The summed E-state index contributed by atoms with van der Waals surface area (Å²) >= 11 is 1.58. The number of carboxylic acid groups (broad SMARTS) is 1. The van der Waals surface area contributed by atoms with Crippen LogP contribution in [0.1, 0.15) is 33.1 Å². The lowest BCUT2D eigenvalue weighted by atomic mass is 9.97. The number of rotatable bonds is 7. The van der Waals surface area contributed by atoms with Crippen LogP contribution in [0.2, 0.25) is 0 Å². The maximum Gasteiger partial charge on any atom is 0.323 e. The van der Waals surface area contributed by atoms with E-state index in [9.17, 15) is 18.3 Å². The lowest BCUT2D eigenvalue weighted by Gasteiger charge is -2.28. The zero-order valence-corrected chi connectivity index (χ0v) is 13.3. The lowest BCUT2D eigenvalue weighted by molar-refractivity contribution is -0.145. The first-order valence-corrected chi connectivity index (χ1v) is 9.56. The Morgan fingerprint density at radius 2 is 2.16 bits per heavy atom. The van der Waals surface area contributed by atoms with Gasteiger partial charge in [0, 0.05) is 23.3 Å². The summed E-state index contributed by atoms with van der Waals surface area (Å²) in [5.74, 6) is -0.0976. The second kappa shape index (κ2) is 6.45. The van der Waals surface area contributed by atoms with Crippen molar-refractivity contribution in [3.63, 3.8) is 0 Å². The summed E-state index contributed by atoms with van der Waals surface area (Å²) in [6.45, 7) is 3.88. The zero-order valence-electron chi connectivity index (χ0n) is 11.7. The van der Waals surface area contributed by atoms with E-state index in [1.807, 2.05) is 13.8 Å². The molecule has 0 amide bonds. The van der Waals surface area contributed by atoms with Crippen molar-refractivity contribution in [2.24, 2.45) is 0 Å². The molecule has 0 heterocycles. The largest absolute Gasteiger partial charge is 0.480 e. The molecule has 1 rings (SSSR count). The predicted octanol–water partition coefficient (Wildman–Crippen LogP) is 1.14. The maximum atomic E-state index is 11.5. The van der Waals surface area contributed by atoms with Crippen LogP contribution in [0.15, 0.2) is 0 Å². The molecule has 0 aromatic carbocycles. The highest BCUT2D eigenvalue weighted by molar-refractivity contribution is 8.01. The average Bonchev–Trinajstić information content (AvgIpc) is 2.60. The van der Waals surface area contributed by atoms with Gasteiger partial charge in [-0.2, -0.15) is 11.8 Å². The third kappa shape index (κ3) is 5.31. The summed E-state index contributed by atoms with van der Waals surface area (Å²) in [6.07, 6.45) is 3.22. The van der Waals surface area contributed by atoms with E-state index in [-0.39, 0.29) is 17.0 Å². The smallest absolute Gasteiger partial charge is 0.323 e. The van der Waals surface area contributed by atoms with Gasteiger partial charge in [-0.25, -0.2) is 8.42 Å². The van der Waals surface area contributed by atoms with E-state index >= 15 is 0 Å². The summed E-state index contributed by atoms with van der Waals surface area (Å²) in [6, 6.07) is 0.121. The van der Waals surface area contributed by atoms with Crippen LogP contribution in [-0.2, 0) is 14.6 Å². The molecule has 0 saturated heterocycles. The van der Waals surface area contributed by atoms with Gasteiger partial charge >= 0.3 is 5.97 Å². The first kappa shape index (κ1) is 16.8. The Kier molecular flexibility index (Phi) is 5.70. The molecular weight excluding hydrogens is 286 g/mol. The Balaban J connectivity index is 2.52. The van der Waals surface area contributed by atoms with E-state index < -0.39 is 21.3 Å². The van der Waals surface area contributed by atoms with E-state index in [1.54, 1.807) is 11.8 Å². The Bertz CT molecular complexity index is 421. The van der Waals surface area contributed by atoms with Crippen LogP contribution in [0.5, 0.6) is 0 Å². The molecule has 1 saturated carbocycles. The summed E-state index contributed by atoms with van der Waals surface area (Å²) in [5.41, 5.74) is -0.836. The Labute approximate surface area is 119 Å². The molecule has 2 unspecified atom stereocenters. The zero-order chi connectivity index (χ0) is 14.7. The van der Waals surface area contributed by atoms with E-state index in [2.05, 4.69) is 5.32 Å². The minimum atomic E-state index is -2.93. The molecule has 0 radical (unpaired) electrons. The van der Waals surface area contributed by atoms with Gasteiger partial charge in [-0.05, 0) is 33.1 Å². The van der Waals surface area contributed by atoms with Crippen LogP contribution < -0.4 is 5.32 Å². The fourth-order valence-electron chi connectivity index (χ4n) is 2.45. The minimum Gasteiger partial charge on any atom is -0.480 e. The third-order valence-electron chi connectivity index (χ3n) is 3.25. The molecule has 1 aliphatic carbocycles. The summed E-state index contributed by atoms with van der Waals surface area (Å²) in [7, 11) is -2.93. The highest BCUT2D eigenvalue weighted by Gasteiger charge is 2.45. The number of nitrogens with one attached hydrogen (secondary N) is 1. The van der Waals surface area contributed by atoms with Crippen LogP contribution in [0, 0.1) is 0 Å². The van der Waals surface area contributed by atoms with Crippen LogP contribution in [0.3, 0.4) is 0 Å². The van der Waals surface area contributed by atoms with Crippen LogP contribution >= 0.6 is 11.8 Å². The van der Waals surface area contributed by atoms with Crippen molar-refractivity contribution in [1.82, 2.24) is 5.32 Å². The van der Waals surface area contributed by atoms with Gasteiger partial charge in [0.05, 0.1) is 5.75 Å². The van der Waals surface area contributed by atoms with Gasteiger partial charge in [-0.15, -0.1) is 0 Å². The molecule has 0 aromatic rings. The molecule has 5 nitrogen and oxygen atoms in total. The summed E-state index contributed by atoms with van der Waals surface area (Å²) < 4.78 is 22.1. The minimum absolute atomic E-state index is 0.121. The van der Waals surface area contributed by atoms with Crippen LogP contribution in [-0.4, -0.2) is 54.1 Å². The van der Waals surface area contributed by atoms with E-state index in [0.717, 1.165) is 6.42 Å². The molecular formula is C12H23NO4S2. The Morgan fingerprint density at radius 1 is 1.53 bits per heavy atom. The standard InChI is InChI=1S/C12H23NO4S2/c1-9(2)13-12(11(14)15)5-4-10(8-12)18-6-7-19(3,16)17/h9-10,13H,4-8H2,1-3H3,(H,14,15). The van der Waals surface area contributed by atoms with Crippen molar-refractivity contribution in [2.45, 2.75) is 49.9 Å². The number of thioether (sulfide) groups is 1. The van der Waals surface area contributed by atoms with E-state index in [1.165, 1.54) is 6.26 Å². The first-order chi connectivity index (χ1) is 8.65. The third-order valence-corrected chi connectivity index (χ3v) is 5.77. The fraction of sp³-hybridized carbons (Fsp3) is 0.917. The molecule has 2 atom stereocenters. The second-order valence-corrected chi connectivity index (χ2v) is 9.22. The summed E-state index contributed by atoms with van der Waals surface area (Å²) in [5, 5.41) is 12.8. The fourth-order valence-corrected chi connectivity index (χ4v) is 5.06. The van der Waals surface area contributed by atoms with E-state index in [4.69, 9.17) is 0 Å². The highest BCUT2D eigenvalue weighted by atomic mass is 32.2. The number of aliphatic carboxylic acids is 1. The van der Waals surface area contributed by atoms with Gasteiger partial charge in [-0.1, -0.05) is 0 Å². The van der Waals surface area contributed by atoms with Gasteiger partial charge in [0.1, 0.15) is 15.4 Å². The summed E-state index contributed by atoms with van der Waals surface area (Å²) in [4.78, 5) is 11.5. The Morgan fingerprint density at radius 3 is 2.63 bits per heavy atom. The van der Waals surface area contributed by atoms with Crippen LogP contribution in [0.4, 0.5) is 0 Å². The van der Waals surface area contributed by atoms with Gasteiger partial charge < -0.3 is 5.11 Å². The number of hydrogen-bond donors (Lipinski definition) is 2. The monoisotopic (exact) mass is 309 g/mol. The van der Waals surface area contributed by atoms with Crippen molar-refractivity contribution < 1.29 is 18.3 Å². The second-order valence-electron chi connectivity index (χ2n) is 5.55. The molecule has 112 valence electrons. The quantitative estimate of drug-likeness (QED) is 0.734. The highest BCUT2D eigenvalue weighted by Crippen LogP contribution is 2.37. The van der Waals surface area contributed by atoms with Crippen molar-refractivity contribution in [1.29, 1.82) is 0 Å². The molecule has 1 fully saturated rings. The molecule has 0 aliphatic heterocycles. The van der Waals surface area contributed by atoms with Gasteiger partial charge in [0.25, 0.3) is 0 Å². The van der Waals surface area contributed by atoms with E-state index in [0.29, 0.717) is 18.6 Å². The number of carboxylic acids is 1. The average molecular weight is 309 g/mol. The van der Waals surface area contributed by atoms with Gasteiger partial charge in [0.2, 0.25) is 0 Å². The van der Waals surface area contributed by atoms with Gasteiger partial charge in [0.15, 0.2) is 0 Å². The van der Waals surface area contributed by atoms with Gasteiger partial charge in [-0.3, -0.25) is 10.1 Å². The first-order valence-electron chi connectivity index (χ1n) is 6.45. The topological polar surface area (TPSA) is 83.5 Å². The number of sulfone groups is 1. The number of carbonyl (C=O) groups is 1. The molecule has 1 aliphatic rings. The van der Waals surface area contributed by atoms with Crippen molar-refractivity contribution >= 4 is 27.6 Å². The molecule has 0 spiro atoms. The normalized spacial score (nSPS) is 27.9.